The predicted molar refractivity (Wildman–Crippen MR) is 176 cm³/mol. The molecule has 1 aliphatic heterocycles. The molecule has 0 aliphatic carbocycles. The van der Waals surface area contributed by atoms with Crippen LogP contribution in [0.3, 0.4) is 0 Å². The maximum atomic E-state index is 12.6. The first kappa shape index (κ1) is 32.0. The van der Waals surface area contributed by atoms with Gasteiger partial charge < -0.3 is 19.7 Å². The van der Waals surface area contributed by atoms with Gasteiger partial charge in [-0.1, -0.05) is 24.3 Å². The lowest BCUT2D eigenvalue weighted by molar-refractivity contribution is 0.0206. The van der Waals surface area contributed by atoms with Gasteiger partial charge in [0.1, 0.15) is 11.4 Å². The number of rotatable bonds is 8. The number of hydrogen-bond donors (Lipinski definition) is 2. The average Bonchev–Trinajstić information content (AvgIpc) is 2.98. The number of aromatic nitrogens is 3. The first-order valence-electron chi connectivity index (χ1n) is 15.1. The molecule has 2 aromatic carbocycles. The van der Waals surface area contributed by atoms with E-state index in [1.807, 2.05) is 58.0 Å². The molecule has 1 amide bonds. The van der Waals surface area contributed by atoms with E-state index in [0.717, 1.165) is 23.8 Å². The molecular weight excluding hydrogens is 592 g/mol. The topological polar surface area (TPSA) is 136 Å². The van der Waals surface area contributed by atoms with Crippen LogP contribution in [0.15, 0.2) is 60.9 Å². The van der Waals surface area contributed by atoms with Gasteiger partial charge in [0.25, 0.3) is 0 Å². The highest BCUT2D eigenvalue weighted by Gasteiger charge is 2.28. The van der Waals surface area contributed by atoms with E-state index in [9.17, 15) is 13.2 Å². The molecule has 2 aromatic heterocycles. The third kappa shape index (κ3) is 7.62. The quantitative estimate of drug-likeness (QED) is 0.216. The fourth-order valence-electron chi connectivity index (χ4n) is 5.05. The van der Waals surface area contributed by atoms with Crippen molar-refractivity contribution in [1.29, 1.82) is 0 Å². The summed E-state index contributed by atoms with van der Waals surface area (Å²) >= 11 is 0. The Morgan fingerprint density at radius 1 is 1.02 bits per heavy atom. The molecule has 1 aliphatic rings. The van der Waals surface area contributed by atoms with Crippen LogP contribution in [0.4, 0.5) is 16.4 Å². The van der Waals surface area contributed by atoms with Crippen LogP contribution in [-0.4, -0.2) is 64.3 Å². The van der Waals surface area contributed by atoms with Gasteiger partial charge in [0.2, 0.25) is 21.9 Å². The molecule has 4 aromatic rings. The third-order valence-corrected chi connectivity index (χ3v) is 9.14. The lowest BCUT2D eigenvalue weighted by atomic mass is 10.0. The summed E-state index contributed by atoms with van der Waals surface area (Å²) in [4.78, 5) is 28.1. The number of sulfonamides is 1. The summed E-state index contributed by atoms with van der Waals surface area (Å²) in [5.41, 5.74) is 2.05. The molecule has 1 saturated heterocycles. The Balaban J connectivity index is 1.40. The van der Waals surface area contributed by atoms with E-state index in [1.54, 1.807) is 49.3 Å². The van der Waals surface area contributed by atoms with Gasteiger partial charge >= 0.3 is 6.09 Å². The largest absolute Gasteiger partial charge is 0.444 e. The maximum absolute atomic E-state index is 12.6. The van der Waals surface area contributed by atoms with Gasteiger partial charge in [-0.05, 0) is 84.2 Å². The molecule has 0 unspecified atom stereocenters. The number of benzene rings is 2. The minimum atomic E-state index is -3.55. The van der Waals surface area contributed by atoms with E-state index in [4.69, 9.17) is 14.5 Å². The van der Waals surface area contributed by atoms with Gasteiger partial charge in [0, 0.05) is 42.3 Å². The zero-order valence-corrected chi connectivity index (χ0v) is 27.3. The molecule has 11 nitrogen and oxygen atoms in total. The first-order chi connectivity index (χ1) is 21.3. The van der Waals surface area contributed by atoms with Gasteiger partial charge in [0.15, 0.2) is 0 Å². The van der Waals surface area contributed by atoms with Crippen LogP contribution in [0.2, 0.25) is 0 Å². The van der Waals surface area contributed by atoms with Crippen molar-refractivity contribution in [1.82, 2.24) is 19.9 Å². The number of carbonyl (C=O) groups excluding carboxylic acids is 1. The number of nitrogens with one attached hydrogen (secondary N) is 2. The number of fused-ring (bicyclic) bond motifs is 1. The highest BCUT2D eigenvalue weighted by molar-refractivity contribution is 7.93. The van der Waals surface area contributed by atoms with Crippen LogP contribution in [0.1, 0.15) is 53.0 Å². The number of ether oxygens (including phenoxy) is 2. The van der Waals surface area contributed by atoms with Gasteiger partial charge in [0.05, 0.1) is 22.2 Å². The molecule has 2 N–H and O–H groups in total. The Kier molecular flexibility index (Phi) is 9.15. The summed E-state index contributed by atoms with van der Waals surface area (Å²) in [5, 5.41) is 4.25. The van der Waals surface area contributed by atoms with Crippen molar-refractivity contribution < 1.29 is 22.7 Å². The van der Waals surface area contributed by atoms with Crippen molar-refractivity contribution in [3.63, 3.8) is 0 Å². The number of hydrogen-bond acceptors (Lipinski definition) is 9. The summed E-state index contributed by atoms with van der Waals surface area (Å²) in [6.45, 7) is 11.9. The summed E-state index contributed by atoms with van der Waals surface area (Å²) in [6, 6.07) is 14.6. The van der Waals surface area contributed by atoms with Gasteiger partial charge in [-0.2, -0.15) is 0 Å². The van der Waals surface area contributed by atoms with Crippen LogP contribution < -0.4 is 14.8 Å². The second-order valence-electron chi connectivity index (χ2n) is 12.4. The van der Waals surface area contributed by atoms with Crippen molar-refractivity contribution in [2.24, 2.45) is 0 Å². The second kappa shape index (κ2) is 12.9. The van der Waals surface area contributed by atoms with Crippen LogP contribution in [0.25, 0.3) is 22.0 Å². The van der Waals surface area contributed by atoms with Crippen molar-refractivity contribution in [2.45, 2.75) is 71.3 Å². The van der Waals surface area contributed by atoms with Gasteiger partial charge in [-0.25, -0.2) is 28.2 Å². The minimum absolute atomic E-state index is 0.0354. The van der Waals surface area contributed by atoms with E-state index >= 15 is 0 Å². The summed E-state index contributed by atoms with van der Waals surface area (Å²) in [7, 11) is -3.55. The number of amides is 1. The molecule has 1 atom stereocenters. The van der Waals surface area contributed by atoms with Gasteiger partial charge in [-0.3, -0.25) is 4.72 Å². The van der Waals surface area contributed by atoms with E-state index in [0.29, 0.717) is 53.0 Å². The Bertz CT molecular complexity index is 1810. The summed E-state index contributed by atoms with van der Waals surface area (Å²) in [5.74, 6) is 1.34. The SMILES string of the molecule is Cc1ccc2c(NS(=O)(=O)C(C)C)cccc2c1Oc1ncccc1-c1ccnc(N[C@H]2CCCN(C(=O)OC(C)(C)C)C2)n1. The van der Waals surface area contributed by atoms with Crippen LogP contribution >= 0.6 is 0 Å². The van der Waals surface area contributed by atoms with Crippen LogP contribution in [0, 0.1) is 6.92 Å². The number of pyridine rings is 1. The Labute approximate surface area is 264 Å². The number of anilines is 2. The highest BCUT2D eigenvalue weighted by atomic mass is 32.2. The average molecular weight is 633 g/mol. The number of piperidine rings is 1. The molecule has 3 heterocycles. The predicted octanol–water partition coefficient (Wildman–Crippen LogP) is 6.75. The monoisotopic (exact) mass is 632 g/mol. The third-order valence-electron chi connectivity index (χ3n) is 7.39. The standard InChI is InChI=1S/C33H40N6O5S/c1-21(2)45(41,42)38-28-13-7-11-25-24(28)15-14-22(3)29(25)43-30-26(12-8-17-34-30)27-16-18-35-31(37-27)36-23-10-9-19-39(20-23)32(40)44-33(4,5)6/h7-8,11-18,21,23,38H,9-10,19-20H2,1-6H3,(H,35,36,37)/t23-/m0/s1. The maximum Gasteiger partial charge on any atom is 0.410 e. The number of aryl methyl sites for hydroxylation is 1. The van der Waals surface area contributed by atoms with E-state index in [2.05, 4.69) is 20.0 Å². The number of carbonyl (C=O) groups is 1. The lowest BCUT2D eigenvalue weighted by Crippen LogP contribution is -2.47. The molecule has 0 radical (unpaired) electrons. The molecule has 0 spiro atoms. The smallest absolute Gasteiger partial charge is 0.410 e. The molecular formula is C33H40N6O5S. The normalized spacial score (nSPS) is 15.6. The van der Waals surface area contributed by atoms with E-state index in [-0.39, 0.29) is 12.1 Å². The molecule has 45 heavy (non-hydrogen) atoms. The van der Waals surface area contributed by atoms with E-state index < -0.39 is 20.9 Å². The zero-order valence-electron chi connectivity index (χ0n) is 26.5. The molecule has 5 rings (SSSR count). The second-order valence-corrected chi connectivity index (χ2v) is 14.7. The molecule has 1 fully saturated rings. The molecule has 238 valence electrons. The van der Waals surface area contributed by atoms with Crippen molar-refractivity contribution in [2.75, 3.05) is 23.1 Å². The van der Waals surface area contributed by atoms with Crippen LogP contribution in [0.5, 0.6) is 11.6 Å². The molecule has 12 heteroatoms. The lowest BCUT2D eigenvalue weighted by Gasteiger charge is -2.34. The number of nitrogens with zero attached hydrogens (tertiary/aromatic N) is 4. The fourth-order valence-corrected chi connectivity index (χ4v) is 5.77. The minimum Gasteiger partial charge on any atom is -0.444 e. The summed E-state index contributed by atoms with van der Waals surface area (Å²) < 4.78 is 40.1. The first-order valence-corrected chi connectivity index (χ1v) is 16.6. The van der Waals surface area contributed by atoms with Crippen molar-refractivity contribution in [3.05, 3.63) is 66.5 Å². The fraction of sp³-hybridized carbons (Fsp3) is 0.394. The highest BCUT2D eigenvalue weighted by Crippen LogP contribution is 2.39. The summed E-state index contributed by atoms with van der Waals surface area (Å²) in [6.07, 6.45) is 4.70. The molecule has 0 saturated carbocycles. The van der Waals surface area contributed by atoms with Crippen molar-refractivity contribution >= 4 is 38.5 Å². The van der Waals surface area contributed by atoms with E-state index in [1.165, 1.54) is 0 Å². The van der Waals surface area contributed by atoms with Crippen molar-refractivity contribution in [3.8, 4) is 22.9 Å². The zero-order chi connectivity index (χ0) is 32.4. The Morgan fingerprint density at radius 3 is 2.58 bits per heavy atom. The Morgan fingerprint density at radius 2 is 1.82 bits per heavy atom. The van der Waals surface area contributed by atoms with Gasteiger partial charge in [-0.15, -0.1) is 0 Å². The number of likely N-dealkylation sites (tertiary alicyclic amines) is 1. The molecule has 0 bridgehead atoms. The van der Waals surface area contributed by atoms with Crippen LogP contribution in [-0.2, 0) is 14.8 Å². The Hall–Kier alpha value is -4.45.